The molecular weight excluding hydrogens is 354 g/mol. The van der Waals surface area contributed by atoms with Gasteiger partial charge in [0.25, 0.3) is 10.2 Å². The van der Waals surface area contributed by atoms with E-state index in [9.17, 15) is 8.42 Å². The van der Waals surface area contributed by atoms with E-state index in [-0.39, 0.29) is 6.04 Å². The SMILES string of the molecule is CCNCCCN(C)S(=O)(=O)NC(C)c1cccc(Br)c1. The van der Waals surface area contributed by atoms with Gasteiger partial charge in [0.1, 0.15) is 0 Å². The first-order valence-corrected chi connectivity index (χ1v) is 9.30. The maximum absolute atomic E-state index is 12.2. The Morgan fingerprint density at radius 3 is 2.71 bits per heavy atom. The topological polar surface area (TPSA) is 61.4 Å². The lowest BCUT2D eigenvalue weighted by Crippen LogP contribution is -2.40. The van der Waals surface area contributed by atoms with Gasteiger partial charge in [0.15, 0.2) is 0 Å². The van der Waals surface area contributed by atoms with Crippen LogP contribution in [0.3, 0.4) is 0 Å². The van der Waals surface area contributed by atoms with Crippen molar-refractivity contribution in [2.24, 2.45) is 0 Å². The van der Waals surface area contributed by atoms with Crippen molar-refractivity contribution < 1.29 is 8.42 Å². The Hall–Kier alpha value is -0.470. The fraction of sp³-hybridized carbons (Fsp3) is 0.571. The molecule has 1 atom stereocenters. The average molecular weight is 378 g/mol. The molecule has 0 aliphatic carbocycles. The van der Waals surface area contributed by atoms with Crippen molar-refractivity contribution in [3.63, 3.8) is 0 Å². The smallest absolute Gasteiger partial charge is 0.279 e. The van der Waals surface area contributed by atoms with Crippen LogP contribution in [0.15, 0.2) is 28.7 Å². The Morgan fingerprint density at radius 1 is 1.38 bits per heavy atom. The van der Waals surface area contributed by atoms with Crippen molar-refractivity contribution in [3.8, 4) is 0 Å². The van der Waals surface area contributed by atoms with Crippen LogP contribution in [-0.2, 0) is 10.2 Å². The molecule has 0 aliphatic heterocycles. The third-order valence-electron chi connectivity index (χ3n) is 3.16. The van der Waals surface area contributed by atoms with Crippen LogP contribution in [0.4, 0.5) is 0 Å². The third kappa shape index (κ3) is 6.44. The molecule has 120 valence electrons. The molecule has 2 N–H and O–H groups in total. The summed E-state index contributed by atoms with van der Waals surface area (Å²) in [5, 5.41) is 3.18. The number of halogens is 1. The summed E-state index contributed by atoms with van der Waals surface area (Å²) in [7, 11) is -1.87. The number of nitrogens with zero attached hydrogens (tertiary/aromatic N) is 1. The number of benzene rings is 1. The van der Waals surface area contributed by atoms with E-state index in [0.717, 1.165) is 29.5 Å². The zero-order valence-electron chi connectivity index (χ0n) is 12.8. The average Bonchev–Trinajstić information content (AvgIpc) is 2.42. The Bertz CT molecular complexity index is 537. The molecule has 0 spiro atoms. The van der Waals surface area contributed by atoms with Gasteiger partial charge in [0.2, 0.25) is 0 Å². The van der Waals surface area contributed by atoms with Gasteiger partial charge in [-0.1, -0.05) is 35.0 Å². The van der Waals surface area contributed by atoms with Gasteiger partial charge in [-0.2, -0.15) is 17.4 Å². The Morgan fingerprint density at radius 2 is 2.10 bits per heavy atom. The molecule has 0 aromatic heterocycles. The van der Waals surface area contributed by atoms with Crippen molar-refractivity contribution in [3.05, 3.63) is 34.3 Å². The zero-order chi connectivity index (χ0) is 15.9. The summed E-state index contributed by atoms with van der Waals surface area (Å²) in [6.07, 6.45) is 0.788. The lowest BCUT2D eigenvalue weighted by atomic mass is 10.1. The molecule has 0 fully saturated rings. The molecule has 0 aliphatic rings. The lowest BCUT2D eigenvalue weighted by Gasteiger charge is -2.21. The van der Waals surface area contributed by atoms with Crippen LogP contribution < -0.4 is 10.0 Å². The highest BCUT2D eigenvalue weighted by atomic mass is 79.9. The predicted octanol–water partition coefficient (Wildman–Crippen LogP) is 2.28. The highest BCUT2D eigenvalue weighted by molar-refractivity contribution is 9.10. The summed E-state index contributed by atoms with van der Waals surface area (Å²) >= 11 is 3.39. The Labute approximate surface area is 136 Å². The van der Waals surface area contributed by atoms with Gasteiger partial charge in [0.05, 0.1) is 0 Å². The van der Waals surface area contributed by atoms with Crippen LogP contribution in [0.2, 0.25) is 0 Å². The van der Waals surface area contributed by atoms with E-state index >= 15 is 0 Å². The first kappa shape index (κ1) is 18.6. The molecule has 0 bridgehead atoms. The molecule has 1 aromatic carbocycles. The maximum Gasteiger partial charge on any atom is 0.279 e. The van der Waals surface area contributed by atoms with E-state index in [1.54, 1.807) is 7.05 Å². The van der Waals surface area contributed by atoms with E-state index in [2.05, 4.69) is 26.0 Å². The van der Waals surface area contributed by atoms with Crippen molar-refractivity contribution in [1.29, 1.82) is 0 Å². The fourth-order valence-corrected chi connectivity index (χ4v) is 3.43. The van der Waals surface area contributed by atoms with Crippen molar-refractivity contribution >= 4 is 26.1 Å². The summed E-state index contributed by atoms with van der Waals surface area (Å²) in [6.45, 7) is 6.08. The lowest BCUT2D eigenvalue weighted by molar-refractivity contribution is 0.439. The van der Waals surface area contributed by atoms with Gasteiger partial charge in [-0.3, -0.25) is 0 Å². The van der Waals surface area contributed by atoms with Gasteiger partial charge < -0.3 is 5.32 Å². The van der Waals surface area contributed by atoms with Gasteiger partial charge in [0, 0.05) is 24.1 Å². The third-order valence-corrected chi connectivity index (χ3v) is 5.31. The standard InChI is InChI=1S/C14H24BrN3O2S/c1-4-16-9-6-10-18(3)21(19,20)17-12(2)13-7-5-8-14(15)11-13/h5,7-8,11-12,16-17H,4,6,9-10H2,1-3H3. The number of hydrogen-bond acceptors (Lipinski definition) is 3. The number of rotatable bonds is 9. The van der Waals surface area contributed by atoms with Crippen LogP contribution in [0.25, 0.3) is 0 Å². The summed E-state index contributed by atoms with van der Waals surface area (Å²) in [5.74, 6) is 0. The van der Waals surface area contributed by atoms with Gasteiger partial charge in [-0.05, 0) is 44.1 Å². The van der Waals surface area contributed by atoms with Crippen LogP contribution in [0.1, 0.15) is 31.9 Å². The Balaban J connectivity index is 2.58. The quantitative estimate of drug-likeness (QED) is 0.648. The van der Waals surface area contributed by atoms with Gasteiger partial charge >= 0.3 is 0 Å². The van der Waals surface area contributed by atoms with Crippen LogP contribution in [-0.4, -0.2) is 39.4 Å². The summed E-state index contributed by atoms with van der Waals surface area (Å²) in [4.78, 5) is 0. The molecule has 0 heterocycles. The first-order valence-electron chi connectivity index (χ1n) is 7.06. The molecule has 0 radical (unpaired) electrons. The fourth-order valence-electron chi connectivity index (χ4n) is 1.88. The van der Waals surface area contributed by atoms with E-state index in [4.69, 9.17) is 0 Å². The minimum Gasteiger partial charge on any atom is -0.317 e. The molecule has 0 amide bonds. The number of nitrogens with one attached hydrogen (secondary N) is 2. The summed E-state index contributed by atoms with van der Waals surface area (Å²) < 4.78 is 29.5. The van der Waals surface area contributed by atoms with Crippen molar-refractivity contribution in [2.45, 2.75) is 26.3 Å². The predicted molar refractivity (Wildman–Crippen MR) is 90.4 cm³/mol. The molecule has 1 aromatic rings. The molecular formula is C14H24BrN3O2S. The van der Waals surface area contributed by atoms with Gasteiger partial charge in [-0.15, -0.1) is 0 Å². The highest BCUT2D eigenvalue weighted by Gasteiger charge is 2.20. The van der Waals surface area contributed by atoms with Crippen molar-refractivity contribution in [1.82, 2.24) is 14.3 Å². The van der Waals surface area contributed by atoms with Crippen LogP contribution >= 0.6 is 15.9 Å². The molecule has 0 saturated carbocycles. The molecule has 0 saturated heterocycles. The summed E-state index contributed by atoms with van der Waals surface area (Å²) in [6, 6.07) is 7.35. The number of hydrogen-bond donors (Lipinski definition) is 2. The zero-order valence-corrected chi connectivity index (χ0v) is 15.2. The minimum atomic E-state index is -3.47. The second-order valence-corrected chi connectivity index (χ2v) is 7.65. The Kier molecular flexibility index (Phi) is 7.83. The van der Waals surface area contributed by atoms with E-state index in [0.29, 0.717) is 6.54 Å². The van der Waals surface area contributed by atoms with Crippen LogP contribution in [0.5, 0.6) is 0 Å². The molecule has 21 heavy (non-hydrogen) atoms. The normalized spacial score (nSPS) is 13.6. The molecule has 1 rings (SSSR count). The van der Waals surface area contributed by atoms with Crippen LogP contribution in [0, 0.1) is 0 Å². The minimum absolute atomic E-state index is 0.274. The molecule has 5 nitrogen and oxygen atoms in total. The maximum atomic E-state index is 12.2. The largest absolute Gasteiger partial charge is 0.317 e. The second kappa shape index (κ2) is 8.85. The second-order valence-electron chi connectivity index (χ2n) is 4.93. The monoisotopic (exact) mass is 377 g/mol. The van der Waals surface area contributed by atoms with E-state index in [1.807, 2.05) is 38.1 Å². The van der Waals surface area contributed by atoms with E-state index < -0.39 is 10.2 Å². The molecule has 7 heteroatoms. The first-order chi connectivity index (χ1) is 9.86. The van der Waals surface area contributed by atoms with E-state index in [1.165, 1.54) is 4.31 Å². The van der Waals surface area contributed by atoms with Gasteiger partial charge in [-0.25, -0.2) is 0 Å². The molecule has 1 unspecified atom stereocenters. The summed E-state index contributed by atoms with van der Waals surface area (Å²) in [5.41, 5.74) is 0.925. The highest BCUT2D eigenvalue weighted by Crippen LogP contribution is 2.18. The van der Waals surface area contributed by atoms with Crippen molar-refractivity contribution in [2.75, 3.05) is 26.7 Å².